The molecule has 0 atom stereocenters. The summed E-state index contributed by atoms with van der Waals surface area (Å²) in [6, 6.07) is 0. The van der Waals surface area contributed by atoms with Gasteiger partial charge < -0.3 is 15.1 Å². The molecule has 104 valence electrons. The van der Waals surface area contributed by atoms with E-state index in [4.69, 9.17) is 0 Å². The van der Waals surface area contributed by atoms with E-state index in [0.29, 0.717) is 0 Å². The predicted octanol–water partition coefficient (Wildman–Crippen LogP) is 1.90. The van der Waals surface area contributed by atoms with Crippen molar-refractivity contribution in [3.8, 4) is 0 Å². The summed E-state index contributed by atoms with van der Waals surface area (Å²) in [5.41, 5.74) is 0. The van der Waals surface area contributed by atoms with Crippen LogP contribution in [-0.4, -0.2) is 63.2 Å². The number of likely N-dealkylation sites (N-methyl/N-ethyl adjacent to an activating group) is 1. The zero-order valence-electron chi connectivity index (χ0n) is 12.6. The molecule has 0 bridgehead atoms. The summed E-state index contributed by atoms with van der Waals surface area (Å²) >= 11 is 0. The van der Waals surface area contributed by atoms with E-state index in [-0.39, 0.29) is 0 Å². The van der Waals surface area contributed by atoms with Gasteiger partial charge in [0.25, 0.3) is 0 Å². The molecule has 3 heteroatoms. The van der Waals surface area contributed by atoms with E-state index in [9.17, 15) is 0 Å². The molecule has 0 unspecified atom stereocenters. The van der Waals surface area contributed by atoms with Crippen molar-refractivity contribution >= 4 is 0 Å². The standard InChI is InChI=1S/C14H33N3/c1-6-7-8-15-9-10-17(13-14(2)3)12-11-16(4)5/h14-15H,6-13H2,1-5H3. The van der Waals surface area contributed by atoms with Crippen LogP contribution in [-0.2, 0) is 0 Å². The summed E-state index contributed by atoms with van der Waals surface area (Å²) in [5.74, 6) is 0.757. The van der Waals surface area contributed by atoms with Gasteiger partial charge >= 0.3 is 0 Å². The summed E-state index contributed by atoms with van der Waals surface area (Å²) in [4.78, 5) is 4.83. The van der Waals surface area contributed by atoms with Gasteiger partial charge in [-0.2, -0.15) is 0 Å². The van der Waals surface area contributed by atoms with Crippen LogP contribution in [0.3, 0.4) is 0 Å². The molecular formula is C14H33N3. The second-order valence-electron chi connectivity index (χ2n) is 5.60. The summed E-state index contributed by atoms with van der Waals surface area (Å²) in [7, 11) is 4.29. The quantitative estimate of drug-likeness (QED) is 0.559. The maximum atomic E-state index is 3.52. The van der Waals surface area contributed by atoms with Gasteiger partial charge in [-0.05, 0) is 33.0 Å². The Morgan fingerprint density at radius 3 is 2.24 bits per heavy atom. The molecule has 0 aromatic rings. The van der Waals surface area contributed by atoms with E-state index in [1.54, 1.807) is 0 Å². The summed E-state index contributed by atoms with van der Waals surface area (Å²) in [6.45, 7) is 13.9. The first-order chi connectivity index (χ1) is 8.06. The number of nitrogens with one attached hydrogen (secondary N) is 1. The summed E-state index contributed by atoms with van der Waals surface area (Å²) in [5, 5.41) is 3.52. The van der Waals surface area contributed by atoms with Crippen molar-refractivity contribution in [2.45, 2.75) is 33.6 Å². The van der Waals surface area contributed by atoms with Gasteiger partial charge in [-0.15, -0.1) is 0 Å². The number of hydrogen-bond acceptors (Lipinski definition) is 3. The highest BCUT2D eigenvalue weighted by molar-refractivity contribution is 4.63. The lowest BCUT2D eigenvalue weighted by Gasteiger charge is -2.25. The van der Waals surface area contributed by atoms with Crippen LogP contribution in [0, 0.1) is 5.92 Å². The maximum absolute atomic E-state index is 3.52. The maximum Gasteiger partial charge on any atom is 0.0110 e. The molecule has 0 aliphatic heterocycles. The van der Waals surface area contributed by atoms with Gasteiger partial charge in [0.15, 0.2) is 0 Å². The van der Waals surface area contributed by atoms with Gasteiger partial charge in [-0.3, -0.25) is 0 Å². The van der Waals surface area contributed by atoms with E-state index >= 15 is 0 Å². The van der Waals surface area contributed by atoms with Crippen molar-refractivity contribution in [1.82, 2.24) is 15.1 Å². The van der Waals surface area contributed by atoms with Crippen molar-refractivity contribution < 1.29 is 0 Å². The van der Waals surface area contributed by atoms with Crippen molar-refractivity contribution in [2.75, 3.05) is 53.4 Å². The molecule has 3 nitrogen and oxygen atoms in total. The molecule has 0 aromatic carbocycles. The molecule has 0 heterocycles. The third-order valence-corrected chi connectivity index (χ3v) is 2.80. The fraction of sp³-hybridized carbons (Fsp3) is 1.00. The van der Waals surface area contributed by atoms with E-state index in [2.05, 4.69) is 50.0 Å². The highest BCUT2D eigenvalue weighted by Crippen LogP contribution is 1.98. The lowest BCUT2D eigenvalue weighted by atomic mass is 10.2. The smallest absolute Gasteiger partial charge is 0.0110 e. The van der Waals surface area contributed by atoms with Crippen LogP contribution in [0.4, 0.5) is 0 Å². The van der Waals surface area contributed by atoms with Crippen molar-refractivity contribution in [3.63, 3.8) is 0 Å². The van der Waals surface area contributed by atoms with Gasteiger partial charge in [0.2, 0.25) is 0 Å². The third-order valence-electron chi connectivity index (χ3n) is 2.80. The molecule has 0 saturated carbocycles. The van der Waals surface area contributed by atoms with E-state index in [1.807, 2.05) is 0 Å². The highest BCUT2D eigenvalue weighted by atomic mass is 15.2. The molecule has 0 fully saturated rings. The fourth-order valence-corrected chi connectivity index (χ4v) is 1.82. The summed E-state index contributed by atoms with van der Waals surface area (Å²) < 4.78 is 0. The minimum atomic E-state index is 0.757. The second-order valence-corrected chi connectivity index (χ2v) is 5.60. The van der Waals surface area contributed by atoms with Gasteiger partial charge in [-0.1, -0.05) is 27.2 Å². The van der Waals surface area contributed by atoms with E-state index in [0.717, 1.165) is 19.0 Å². The molecule has 0 aliphatic carbocycles. The van der Waals surface area contributed by atoms with Crippen molar-refractivity contribution in [1.29, 1.82) is 0 Å². The minimum absolute atomic E-state index is 0.757. The average molecular weight is 243 g/mol. The minimum Gasteiger partial charge on any atom is -0.315 e. The van der Waals surface area contributed by atoms with Crippen LogP contribution in [0.1, 0.15) is 33.6 Å². The lowest BCUT2D eigenvalue weighted by molar-refractivity contribution is 0.219. The molecule has 0 radical (unpaired) electrons. The van der Waals surface area contributed by atoms with Crippen molar-refractivity contribution in [3.05, 3.63) is 0 Å². The highest BCUT2D eigenvalue weighted by Gasteiger charge is 2.07. The number of unbranched alkanes of at least 4 members (excludes halogenated alkanes) is 1. The van der Waals surface area contributed by atoms with Gasteiger partial charge in [-0.25, -0.2) is 0 Å². The van der Waals surface area contributed by atoms with E-state index in [1.165, 1.54) is 39.0 Å². The van der Waals surface area contributed by atoms with Crippen LogP contribution in [0.5, 0.6) is 0 Å². The van der Waals surface area contributed by atoms with Crippen LogP contribution >= 0.6 is 0 Å². The first-order valence-electron chi connectivity index (χ1n) is 7.14. The Hall–Kier alpha value is -0.120. The van der Waals surface area contributed by atoms with Crippen LogP contribution in [0.2, 0.25) is 0 Å². The molecule has 0 saturated heterocycles. The molecule has 0 rings (SSSR count). The molecule has 1 N–H and O–H groups in total. The molecule has 0 spiro atoms. The van der Waals surface area contributed by atoms with Crippen LogP contribution in [0.15, 0.2) is 0 Å². The molecule has 17 heavy (non-hydrogen) atoms. The fourth-order valence-electron chi connectivity index (χ4n) is 1.82. The number of rotatable bonds is 11. The Morgan fingerprint density at radius 2 is 1.71 bits per heavy atom. The van der Waals surface area contributed by atoms with Crippen LogP contribution < -0.4 is 5.32 Å². The Balaban J connectivity index is 3.69. The first-order valence-corrected chi connectivity index (χ1v) is 7.14. The lowest BCUT2D eigenvalue weighted by Crippen LogP contribution is -2.38. The largest absolute Gasteiger partial charge is 0.315 e. The topological polar surface area (TPSA) is 18.5 Å². The SMILES string of the molecule is CCCCNCCN(CCN(C)C)CC(C)C. The van der Waals surface area contributed by atoms with Crippen molar-refractivity contribution in [2.24, 2.45) is 5.92 Å². The Kier molecular flexibility index (Phi) is 10.9. The van der Waals surface area contributed by atoms with Gasteiger partial charge in [0.1, 0.15) is 0 Å². The second kappa shape index (κ2) is 11.0. The number of hydrogen-bond donors (Lipinski definition) is 1. The third kappa shape index (κ3) is 12.1. The Bertz CT molecular complexity index is 158. The monoisotopic (exact) mass is 243 g/mol. The van der Waals surface area contributed by atoms with Crippen LogP contribution in [0.25, 0.3) is 0 Å². The summed E-state index contributed by atoms with van der Waals surface area (Å²) in [6.07, 6.45) is 2.57. The molecular weight excluding hydrogens is 210 g/mol. The van der Waals surface area contributed by atoms with E-state index < -0.39 is 0 Å². The zero-order valence-corrected chi connectivity index (χ0v) is 12.6. The Morgan fingerprint density at radius 1 is 1.00 bits per heavy atom. The molecule has 0 aliphatic rings. The van der Waals surface area contributed by atoms with Gasteiger partial charge in [0.05, 0.1) is 0 Å². The number of nitrogens with zero attached hydrogens (tertiary/aromatic N) is 2. The zero-order chi connectivity index (χ0) is 13.1. The Labute approximate surface area is 109 Å². The van der Waals surface area contributed by atoms with Gasteiger partial charge in [0, 0.05) is 32.7 Å². The average Bonchev–Trinajstić information content (AvgIpc) is 2.24. The predicted molar refractivity (Wildman–Crippen MR) is 77.6 cm³/mol. The molecule has 0 amide bonds. The molecule has 0 aromatic heterocycles. The normalized spacial score (nSPS) is 12.0. The first kappa shape index (κ1) is 16.9.